The molecule has 1 fully saturated rings. The molecule has 0 radical (unpaired) electrons. The highest BCUT2D eigenvalue weighted by atomic mass is 16.5. The second-order valence-corrected chi connectivity index (χ2v) is 4.58. The number of ether oxygens (including phenoxy) is 2. The van der Waals surface area contributed by atoms with E-state index in [9.17, 15) is 0 Å². The molecule has 92 valence electrons. The van der Waals surface area contributed by atoms with E-state index in [2.05, 4.69) is 18.7 Å². The molecule has 1 aliphatic heterocycles. The van der Waals surface area contributed by atoms with Gasteiger partial charge in [-0.15, -0.1) is 6.58 Å². The highest BCUT2D eigenvalue weighted by molar-refractivity contribution is 5.13. The summed E-state index contributed by atoms with van der Waals surface area (Å²) < 4.78 is 11.4. The third kappa shape index (κ3) is 3.99. The average molecular weight is 232 g/mol. The van der Waals surface area contributed by atoms with Gasteiger partial charge in [-0.3, -0.25) is 0 Å². The molecule has 17 heavy (non-hydrogen) atoms. The lowest BCUT2D eigenvalue weighted by molar-refractivity contribution is 0.00999. The second-order valence-electron chi connectivity index (χ2n) is 4.58. The summed E-state index contributed by atoms with van der Waals surface area (Å²) in [5.74, 6) is 0.637. The molecule has 0 aromatic heterocycles. The average Bonchev–Trinajstić information content (AvgIpc) is 2.79. The Labute approximate surface area is 103 Å². The normalized spacial score (nSPS) is 23.8. The summed E-state index contributed by atoms with van der Waals surface area (Å²) >= 11 is 0. The molecule has 2 nitrogen and oxygen atoms in total. The number of allylic oxidation sites excluding steroid dienone is 1. The second kappa shape index (κ2) is 6.58. The van der Waals surface area contributed by atoms with Crippen LogP contribution in [0.5, 0.6) is 0 Å². The third-order valence-electron chi connectivity index (χ3n) is 3.08. The number of benzene rings is 1. The van der Waals surface area contributed by atoms with Gasteiger partial charge < -0.3 is 9.47 Å². The lowest BCUT2D eigenvalue weighted by Crippen LogP contribution is -2.14. The van der Waals surface area contributed by atoms with Crippen molar-refractivity contribution >= 4 is 0 Å². The first kappa shape index (κ1) is 12.3. The van der Waals surface area contributed by atoms with E-state index in [0.717, 1.165) is 19.4 Å². The summed E-state index contributed by atoms with van der Waals surface area (Å²) in [5.41, 5.74) is 1.22. The van der Waals surface area contributed by atoms with Crippen LogP contribution in [0.25, 0.3) is 0 Å². The molecule has 0 bridgehead atoms. The van der Waals surface area contributed by atoms with Crippen LogP contribution in [0.3, 0.4) is 0 Å². The van der Waals surface area contributed by atoms with E-state index in [1.165, 1.54) is 5.56 Å². The van der Waals surface area contributed by atoms with Gasteiger partial charge in [-0.2, -0.15) is 0 Å². The molecule has 1 aromatic rings. The van der Waals surface area contributed by atoms with Crippen LogP contribution in [0.15, 0.2) is 43.0 Å². The van der Waals surface area contributed by atoms with Gasteiger partial charge in [-0.1, -0.05) is 36.4 Å². The molecule has 0 aliphatic carbocycles. The van der Waals surface area contributed by atoms with Gasteiger partial charge in [-0.25, -0.2) is 0 Å². The van der Waals surface area contributed by atoms with Gasteiger partial charge in [0.1, 0.15) is 0 Å². The highest BCUT2D eigenvalue weighted by Gasteiger charge is 2.24. The van der Waals surface area contributed by atoms with E-state index in [-0.39, 0.29) is 6.10 Å². The molecule has 1 aliphatic rings. The van der Waals surface area contributed by atoms with Crippen LogP contribution in [0.4, 0.5) is 0 Å². The van der Waals surface area contributed by atoms with E-state index in [1.807, 2.05) is 24.3 Å². The summed E-state index contributed by atoms with van der Waals surface area (Å²) in [7, 11) is 0. The van der Waals surface area contributed by atoms with Crippen LogP contribution in [0, 0.1) is 5.92 Å². The van der Waals surface area contributed by atoms with Crippen molar-refractivity contribution in [2.24, 2.45) is 5.92 Å². The molecule has 2 unspecified atom stereocenters. The zero-order chi connectivity index (χ0) is 11.9. The molecule has 2 heteroatoms. The number of rotatable bonds is 6. The molecule has 0 spiro atoms. The Hall–Kier alpha value is -1.12. The van der Waals surface area contributed by atoms with E-state index in [4.69, 9.17) is 9.47 Å². The molecular formula is C15H20O2. The molecule has 2 rings (SSSR count). The van der Waals surface area contributed by atoms with Gasteiger partial charge in [0, 0.05) is 0 Å². The summed E-state index contributed by atoms with van der Waals surface area (Å²) in [6.45, 7) is 5.99. The van der Waals surface area contributed by atoms with Crippen molar-refractivity contribution < 1.29 is 9.47 Å². The van der Waals surface area contributed by atoms with Crippen molar-refractivity contribution in [3.8, 4) is 0 Å². The van der Waals surface area contributed by atoms with Crippen molar-refractivity contribution in [2.45, 2.75) is 25.6 Å². The lowest BCUT2D eigenvalue weighted by Gasteiger charge is -2.10. The van der Waals surface area contributed by atoms with Crippen molar-refractivity contribution in [1.29, 1.82) is 0 Å². The molecule has 1 heterocycles. The fourth-order valence-corrected chi connectivity index (χ4v) is 2.18. The van der Waals surface area contributed by atoms with Crippen molar-refractivity contribution in [3.05, 3.63) is 48.6 Å². The molecule has 0 saturated carbocycles. The molecule has 2 atom stereocenters. The Balaban J connectivity index is 1.65. The molecule has 1 saturated heterocycles. The fourth-order valence-electron chi connectivity index (χ4n) is 2.18. The molecule has 0 amide bonds. The smallest absolute Gasteiger partial charge is 0.0812 e. The number of hydrogen-bond donors (Lipinski definition) is 0. The van der Waals surface area contributed by atoms with E-state index >= 15 is 0 Å². The minimum absolute atomic E-state index is 0.267. The first-order valence-corrected chi connectivity index (χ1v) is 6.22. The maximum absolute atomic E-state index is 5.68. The summed E-state index contributed by atoms with van der Waals surface area (Å²) in [5, 5.41) is 0. The largest absolute Gasteiger partial charge is 0.376 e. The highest BCUT2D eigenvalue weighted by Crippen LogP contribution is 2.23. The zero-order valence-corrected chi connectivity index (χ0v) is 10.2. The predicted octanol–water partition coefficient (Wildman–Crippen LogP) is 3.18. The zero-order valence-electron chi connectivity index (χ0n) is 10.2. The van der Waals surface area contributed by atoms with Gasteiger partial charge in [-0.05, 0) is 24.3 Å². The van der Waals surface area contributed by atoms with Gasteiger partial charge in [0.15, 0.2) is 0 Å². The monoisotopic (exact) mass is 232 g/mol. The maximum atomic E-state index is 5.68. The van der Waals surface area contributed by atoms with Crippen LogP contribution in [0.1, 0.15) is 18.4 Å². The van der Waals surface area contributed by atoms with Gasteiger partial charge in [0.25, 0.3) is 0 Å². The van der Waals surface area contributed by atoms with Crippen LogP contribution in [-0.2, 0) is 16.1 Å². The topological polar surface area (TPSA) is 18.5 Å². The predicted molar refractivity (Wildman–Crippen MR) is 68.8 cm³/mol. The van der Waals surface area contributed by atoms with Crippen LogP contribution < -0.4 is 0 Å². The SMILES string of the molecule is C=CCC1COC(COCc2ccccc2)C1. The molecular weight excluding hydrogens is 212 g/mol. The first-order chi connectivity index (χ1) is 8.38. The lowest BCUT2D eigenvalue weighted by atomic mass is 10.0. The Morgan fingerprint density at radius 1 is 1.35 bits per heavy atom. The minimum Gasteiger partial charge on any atom is -0.376 e. The number of hydrogen-bond acceptors (Lipinski definition) is 2. The summed E-state index contributed by atoms with van der Waals surface area (Å²) in [6.07, 6.45) is 4.39. The van der Waals surface area contributed by atoms with E-state index < -0.39 is 0 Å². The van der Waals surface area contributed by atoms with Crippen molar-refractivity contribution in [1.82, 2.24) is 0 Å². The first-order valence-electron chi connectivity index (χ1n) is 6.22. The summed E-state index contributed by atoms with van der Waals surface area (Å²) in [4.78, 5) is 0. The standard InChI is InChI=1S/C15H20O2/c1-2-6-14-9-15(17-11-14)12-16-10-13-7-4-3-5-8-13/h2-5,7-8,14-15H,1,6,9-12H2. The van der Waals surface area contributed by atoms with Crippen molar-refractivity contribution in [3.63, 3.8) is 0 Å². The van der Waals surface area contributed by atoms with E-state index in [0.29, 0.717) is 19.1 Å². The third-order valence-corrected chi connectivity index (χ3v) is 3.08. The Bertz CT molecular complexity index is 334. The van der Waals surface area contributed by atoms with Gasteiger partial charge in [0.05, 0.1) is 25.9 Å². The van der Waals surface area contributed by atoms with Crippen LogP contribution in [-0.4, -0.2) is 19.3 Å². The quantitative estimate of drug-likeness (QED) is 0.701. The van der Waals surface area contributed by atoms with E-state index in [1.54, 1.807) is 0 Å². The minimum atomic E-state index is 0.267. The van der Waals surface area contributed by atoms with Gasteiger partial charge in [0.2, 0.25) is 0 Å². The maximum Gasteiger partial charge on any atom is 0.0812 e. The summed E-state index contributed by atoms with van der Waals surface area (Å²) in [6, 6.07) is 10.2. The fraction of sp³-hybridized carbons (Fsp3) is 0.467. The molecule has 1 aromatic carbocycles. The Morgan fingerprint density at radius 2 is 2.18 bits per heavy atom. The van der Waals surface area contributed by atoms with Gasteiger partial charge >= 0.3 is 0 Å². The Kier molecular flexibility index (Phi) is 4.77. The molecule has 0 N–H and O–H groups in total. The van der Waals surface area contributed by atoms with Crippen LogP contribution in [0.2, 0.25) is 0 Å². The van der Waals surface area contributed by atoms with Crippen molar-refractivity contribution in [2.75, 3.05) is 13.2 Å². The van der Waals surface area contributed by atoms with Crippen LogP contribution >= 0.6 is 0 Å². The Morgan fingerprint density at radius 3 is 2.94 bits per heavy atom.